The average molecular weight is 584 g/mol. The molecule has 0 saturated carbocycles. The molecule has 0 aliphatic heterocycles. The summed E-state index contributed by atoms with van der Waals surface area (Å²) in [4.78, 5) is 0. The molecule has 0 fully saturated rings. The summed E-state index contributed by atoms with van der Waals surface area (Å²) >= 11 is 0. The first-order valence-corrected chi connectivity index (χ1v) is 15.5. The topological polar surface area (TPSA) is 0 Å². The van der Waals surface area contributed by atoms with Gasteiger partial charge in [0.25, 0.3) is 0 Å². The summed E-state index contributed by atoms with van der Waals surface area (Å²) in [6, 6.07) is 64.7. The van der Waals surface area contributed by atoms with E-state index in [0.717, 1.165) is 0 Å². The Morgan fingerprint density at radius 1 is 0.205 bits per heavy atom. The Bertz CT molecular complexity index is 1170. The predicted octanol–water partition coefficient (Wildman–Crippen LogP) is 6.89. The Kier molecular flexibility index (Phi) is 11.3. The van der Waals surface area contributed by atoms with Gasteiger partial charge < -0.3 is 0 Å². The van der Waals surface area contributed by atoms with Crippen LogP contribution in [-0.4, -0.2) is 0 Å². The Hall–Kier alpha value is -3.31. The van der Waals surface area contributed by atoms with Crippen molar-refractivity contribution in [2.45, 2.75) is 0 Å². The maximum absolute atomic E-state index is 2.23. The van der Waals surface area contributed by atoms with E-state index in [0.29, 0.717) is 0 Å². The van der Waals surface area contributed by atoms with Crippen LogP contribution in [0.15, 0.2) is 182 Å². The molecule has 1 radical (unpaired) electrons. The largest absolute Gasteiger partial charge is 2.00 e. The third-order valence-corrected chi connectivity index (χ3v) is 11.0. The maximum Gasteiger partial charge on any atom is 2.00 e. The van der Waals surface area contributed by atoms with Gasteiger partial charge in [-0.1, -0.05) is 182 Å². The Morgan fingerprint density at radius 3 is 0.462 bits per heavy atom. The molecule has 0 spiro atoms. The van der Waals surface area contributed by atoms with Crippen LogP contribution in [0, 0.1) is 0 Å². The van der Waals surface area contributed by atoms with Crippen molar-refractivity contribution in [2.24, 2.45) is 0 Å². The van der Waals surface area contributed by atoms with Crippen LogP contribution in [0.5, 0.6) is 0 Å². The van der Waals surface area contributed by atoms with Crippen molar-refractivity contribution < 1.29 is 16.8 Å². The summed E-state index contributed by atoms with van der Waals surface area (Å²) in [6.07, 6.45) is 0. The van der Waals surface area contributed by atoms with Crippen LogP contribution < -0.4 is 31.8 Å². The van der Waals surface area contributed by atoms with Crippen LogP contribution in [0.3, 0.4) is 0 Å². The molecular weight excluding hydrogens is 553 g/mol. The van der Waals surface area contributed by atoms with E-state index in [1.54, 1.807) is 0 Å². The molecule has 6 aromatic rings. The number of hydrogen-bond acceptors (Lipinski definition) is 0. The zero-order chi connectivity index (χ0) is 25.8. The molecule has 39 heavy (non-hydrogen) atoms. The van der Waals surface area contributed by atoms with Gasteiger partial charge in [0.2, 0.25) is 0 Å². The fourth-order valence-corrected chi connectivity index (χ4v) is 8.97. The van der Waals surface area contributed by atoms with Crippen molar-refractivity contribution in [2.75, 3.05) is 0 Å². The molecule has 0 unspecified atom stereocenters. The summed E-state index contributed by atoms with van der Waals surface area (Å²) in [5.74, 6) is 0. The van der Waals surface area contributed by atoms with Crippen molar-refractivity contribution >= 4 is 47.7 Å². The van der Waals surface area contributed by atoms with Crippen LogP contribution >= 0.6 is 15.8 Å². The van der Waals surface area contributed by atoms with Crippen molar-refractivity contribution in [1.29, 1.82) is 0 Å². The zero-order valence-corrected chi connectivity index (χ0v) is 24.4. The molecule has 6 aromatic carbocycles. The van der Waals surface area contributed by atoms with Crippen LogP contribution in [0.4, 0.5) is 0 Å². The quantitative estimate of drug-likeness (QED) is 0.188. The molecule has 0 aliphatic rings. The fraction of sp³-hybridized carbons (Fsp3) is 0. The first kappa shape index (κ1) is 28.7. The monoisotopic (exact) mass is 583 g/mol. The second-order valence-electron chi connectivity index (χ2n) is 8.68. The molecular formula is C36H30CoP2+2. The first-order chi connectivity index (χ1) is 18.9. The molecule has 0 saturated heterocycles. The van der Waals surface area contributed by atoms with Crippen molar-refractivity contribution in [3.05, 3.63) is 182 Å². The molecule has 0 heterocycles. The van der Waals surface area contributed by atoms with E-state index in [4.69, 9.17) is 0 Å². The van der Waals surface area contributed by atoms with Crippen molar-refractivity contribution in [3.63, 3.8) is 0 Å². The minimum absolute atomic E-state index is 0. The SMILES string of the molecule is [Co+2].c1ccc(P(c2ccccc2)c2ccccc2)cc1.c1ccc(P(c2ccccc2)c2ccccc2)cc1. The van der Waals surface area contributed by atoms with E-state index in [-0.39, 0.29) is 16.8 Å². The molecule has 0 amide bonds. The number of hydrogen-bond donors (Lipinski definition) is 0. The molecule has 0 aromatic heterocycles. The molecule has 0 aliphatic carbocycles. The van der Waals surface area contributed by atoms with E-state index in [2.05, 4.69) is 182 Å². The minimum Gasteiger partial charge on any atom is -0.0622 e. The third kappa shape index (κ3) is 7.86. The van der Waals surface area contributed by atoms with Gasteiger partial charge in [0, 0.05) is 0 Å². The Morgan fingerprint density at radius 2 is 0.333 bits per heavy atom. The van der Waals surface area contributed by atoms with Gasteiger partial charge in [-0.05, 0) is 47.7 Å². The smallest absolute Gasteiger partial charge is 0.0622 e. The summed E-state index contributed by atoms with van der Waals surface area (Å²) in [7, 11) is -0.892. The molecule has 0 nitrogen and oxygen atoms in total. The Labute approximate surface area is 245 Å². The second-order valence-corrected chi connectivity index (χ2v) is 13.1. The molecule has 191 valence electrons. The first-order valence-electron chi connectivity index (χ1n) is 12.8. The Balaban J connectivity index is 0.000000176. The molecule has 0 N–H and O–H groups in total. The normalized spacial score (nSPS) is 10.3. The van der Waals surface area contributed by atoms with Gasteiger partial charge in [-0.25, -0.2) is 0 Å². The van der Waals surface area contributed by atoms with Gasteiger partial charge >= 0.3 is 16.8 Å². The van der Waals surface area contributed by atoms with Crippen molar-refractivity contribution in [3.8, 4) is 0 Å². The fourth-order valence-electron chi connectivity index (χ4n) is 4.36. The standard InChI is InChI=1S/2C18H15P.Co/c2*1-4-10-16(11-5-1)19(17-12-6-2-7-13-17)18-14-8-3-9-15-18;/h2*1-15H;/q;;+2. The predicted molar refractivity (Wildman–Crippen MR) is 170 cm³/mol. The maximum atomic E-state index is 2.23. The van der Waals surface area contributed by atoms with Crippen LogP contribution in [0.25, 0.3) is 0 Å². The second kappa shape index (κ2) is 15.3. The molecule has 6 rings (SSSR count). The van der Waals surface area contributed by atoms with E-state index in [1.807, 2.05) is 0 Å². The molecule has 0 bridgehead atoms. The number of rotatable bonds is 6. The summed E-state index contributed by atoms with van der Waals surface area (Å²) in [6.45, 7) is 0. The molecule has 0 atom stereocenters. The minimum atomic E-state index is -0.446. The van der Waals surface area contributed by atoms with E-state index < -0.39 is 15.8 Å². The van der Waals surface area contributed by atoms with Gasteiger partial charge in [0.05, 0.1) is 0 Å². The van der Waals surface area contributed by atoms with Gasteiger partial charge in [-0.2, -0.15) is 0 Å². The zero-order valence-electron chi connectivity index (χ0n) is 21.5. The molecule has 3 heteroatoms. The van der Waals surface area contributed by atoms with E-state index in [9.17, 15) is 0 Å². The van der Waals surface area contributed by atoms with Gasteiger partial charge in [-0.15, -0.1) is 0 Å². The van der Waals surface area contributed by atoms with Gasteiger partial charge in [0.15, 0.2) is 0 Å². The van der Waals surface area contributed by atoms with Crippen LogP contribution in [0.2, 0.25) is 0 Å². The van der Waals surface area contributed by atoms with Crippen LogP contribution in [0.1, 0.15) is 0 Å². The summed E-state index contributed by atoms with van der Waals surface area (Å²) in [5.41, 5.74) is 0. The summed E-state index contributed by atoms with van der Waals surface area (Å²) in [5, 5.41) is 8.39. The average Bonchev–Trinajstić information content (AvgIpc) is 3.01. The van der Waals surface area contributed by atoms with Crippen molar-refractivity contribution in [1.82, 2.24) is 0 Å². The van der Waals surface area contributed by atoms with E-state index >= 15 is 0 Å². The number of benzene rings is 6. The van der Waals surface area contributed by atoms with E-state index in [1.165, 1.54) is 31.8 Å². The van der Waals surface area contributed by atoms with Gasteiger partial charge in [-0.3, -0.25) is 0 Å². The van der Waals surface area contributed by atoms with Gasteiger partial charge in [0.1, 0.15) is 0 Å². The van der Waals surface area contributed by atoms with Crippen LogP contribution in [-0.2, 0) is 16.8 Å². The third-order valence-electron chi connectivity index (χ3n) is 6.09. The summed E-state index contributed by atoms with van der Waals surface area (Å²) < 4.78 is 0.